The number of nitrogens with two attached hydrogens (primary N) is 1. The number of amides is 1. The molecule has 116 valence electrons. The number of hydrogen-bond donors (Lipinski definition) is 3. The zero-order valence-corrected chi connectivity index (χ0v) is 13.0. The van der Waals surface area contributed by atoms with Crippen molar-refractivity contribution in [2.45, 2.75) is 36.6 Å². The van der Waals surface area contributed by atoms with E-state index in [1.54, 1.807) is 0 Å². The first-order valence-electron chi connectivity index (χ1n) is 6.72. The van der Waals surface area contributed by atoms with Crippen LogP contribution in [0.25, 0.3) is 0 Å². The number of anilines is 1. The molecule has 0 radical (unpaired) electrons. The molecule has 0 aromatic heterocycles. The second-order valence-corrected chi connectivity index (χ2v) is 7.20. The van der Waals surface area contributed by atoms with Crippen molar-refractivity contribution in [3.63, 3.8) is 0 Å². The van der Waals surface area contributed by atoms with E-state index < -0.39 is 10.0 Å². The molecule has 0 spiro atoms. The van der Waals surface area contributed by atoms with Crippen molar-refractivity contribution < 1.29 is 13.2 Å². The summed E-state index contributed by atoms with van der Waals surface area (Å²) in [5.74, 6) is -0.0348. The van der Waals surface area contributed by atoms with E-state index in [0.717, 1.165) is 12.8 Å². The van der Waals surface area contributed by atoms with Gasteiger partial charge in [-0.1, -0.05) is 11.6 Å². The fraction of sp³-hybridized carbons (Fsp3) is 0.462. The lowest BCUT2D eigenvalue weighted by Gasteiger charge is -2.08. The number of halogens is 1. The normalized spacial score (nSPS) is 14.9. The van der Waals surface area contributed by atoms with Crippen LogP contribution in [0.3, 0.4) is 0 Å². The lowest BCUT2D eigenvalue weighted by Crippen LogP contribution is -2.28. The van der Waals surface area contributed by atoms with Gasteiger partial charge in [0.15, 0.2) is 0 Å². The van der Waals surface area contributed by atoms with E-state index >= 15 is 0 Å². The predicted octanol–water partition coefficient (Wildman–Crippen LogP) is 1.26. The highest BCUT2D eigenvalue weighted by Gasteiger charge is 2.22. The summed E-state index contributed by atoms with van der Waals surface area (Å²) in [6.07, 6.45) is 2.83. The van der Waals surface area contributed by atoms with Gasteiger partial charge in [-0.3, -0.25) is 4.79 Å². The molecule has 0 heterocycles. The number of carbonyl (C=O) groups is 1. The average Bonchev–Trinajstić information content (AvgIpc) is 3.22. The smallest absolute Gasteiger partial charge is 0.240 e. The Morgan fingerprint density at radius 3 is 2.71 bits per heavy atom. The van der Waals surface area contributed by atoms with E-state index in [4.69, 9.17) is 17.3 Å². The van der Waals surface area contributed by atoms with Gasteiger partial charge in [0.25, 0.3) is 0 Å². The largest absolute Gasteiger partial charge is 0.397 e. The summed E-state index contributed by atoms with van der Waals surface area (Å²) in [5.41, 5.74) is 5.80. The Kier molecular flexibility index (Phi) is 5.08. The van der Waals surface area contributed by atoms with E-state index in [1.807, 2.05) is 0 Å². The highest BCUT2D eigenvalue weighted by Crippen LogP contribution is 2.22. The Bertz CT molecular complexity index is 630. The van der Waals surface area contributed by atoms with Crippen molar-refractivity contribution in [2.24, 2.45) is 0 Å². The highest BCUT2D eigenvalue weighted by molar-refractivity contribution is 7.89. The molecule has 6 nitrogen and oxygen atoms in total. The number of nitrogen functional groups attached to an aromatic ring is 1. The fourth-order valence-corrected chi connectivity index (χ4v) is 2.98. The monoisotopic (exact) mass is 331 g/mol. The van der Waals surface area contributed by atoms with Crippen LogP contribution in [0.15, 0.2) is 23.1 Å². The molecule has 0 atom stereocenters. The minimum atomic E-state index is -3.63. The molecule has 1 aromatic carbocycles. The van der Waals surface area contributed by atoms with Gasteiger partial charge in [0.2, 0.25) is 15.9 Å². The maximum atomic E-state index is 12.0. The minimum Gasteiger partial charge on any atom is -0.397 e. The molecule has 8 heteroatoms. The SMILES string of the molecule is Nc1cc(S(=O)(=O)NCCCC(=O)NC2CC2)ccc1Cl. The van der Waals surface area contributed by atoms with E-state index in [9.17, 15) is 13.2 Å². The first kappa shape index (κ1) is 16.1. The summed E-state index contributed by atoms with van der Waals surface area (Å²) in [6.45, 7) is 0.197. The summed E-state index contributed by atoms with van der Waals surface area (Å²) in [4.78, 5) is 11.5. The van der Waals surface area contributed by atoms with Gasteiger partial charge in [-0.15, -0.1) is 0 Å². The van der Waals surface area contributed by atoms with Gasteiger partial charge in [0.1, 0.15) is 0 Å². The quantitative estimate of drug-likeness (QED) is 0.517. The third-order valence-electron chi connectivity index (χ3n) is 3.09. The first-order chi connectivity index (χ1) is 9.88. The number of rotatable bonds is 7. The van der Waals surface area contributed by atoms with Crippen LogP contribution >= 0.6 is 11.6 Å². The third kappa shape index (κ3) is 4.87. The van der Waals surface area contributed by atoms with Crippen molar-refractivity contribution in [3.05, 3.63) is 23.2 Å². The standard InChI is InChI=1S/C13H18ClN3O3S/c14-11-6-5-10(8-12(11)15)21(19,20)16-7-1-2-13(18)17-9-3-4-9/h5-6,8-9,16H,1-4,7,15H2,(H,17,18). The van der Waals surface area contributed by atoms with Crippen LogP contribution in [0.5, 0.6) is 0 Å². The molecule has 1 amide bonds. The lowest BCUT2D eigenvalue weighted by molar-refractivity contribution is -0.121. The van der Waals surface area contributed by atoms with Crippen LogP contribution in [0, 0.1) is 0 Å². The predicted molar refractivity (Wildman–Crippen MR) is 81.5 cm³/mol. The maximum absolute atomic E-state index is 12.0. The van der Waals surface area contributed by atoms with E-state index in [1.165, 1.54) is 18.2 Å². The molecular formula is C13H18ClN3O3S. The van der Waals surface area contributed by atoms with Gasteiger partial charge in [-0.2, -0.15) is 0 Å². The number of sulfonamides is 1. The Morgan fingerprint density at radius 2 is 2.10 bits per heavy atom. The van der Waals surface area contributed by atoms with Crippen molar-refractivity contribution in [2.75, 3.05) is 12.3 Å². The van der Waals surface area contributed by atoms with Crippen molar-refractivity contribution in [1.82, 2.24) is 10.0 Å². The van der Waals surface area contributed by atoms with E-state index in [0.29, 0.717) is 23.9 Å². The molecule has 4 N–H and O–H groups in total. The number of nitrogens with one attached hydrogen (secondary N) is 2. The van der Waals surface area contributed by atoms with E-state index in [2.05, 4.69) is 10.0 Å². The first-order valence-corrected chi connectivity index (χ1v) is 8.58. The Hall–Kier alpha value is -1.31. The molecule has 1 aromatic rings. The number of benzene rings is 1. The van der Waals surface area contributed by atoms with Crippen LogP contribution < -0.4 is 15.8 Å². The molecule has 2 rings (SSSR count). The molecule has 0 saturated heterocycles. The molecule has 0 aliphatic heterocycles. The van der Waals surface area contributed by atoms with Crippen LogP contribution in [-0.4, -0.2) is 26.9 Å². The van der Waals surface area contributed by atoms with Gasteiger partial charge in [0.05, 0.1) is 15.6 Å². The lowest BCUT2D eigenvalue weighted by atomic mass is 10.3. The summed E-state index contributed by atoms with van der Waals surface area (Å²) < 4.78 is 26.5. The Morgan fingerprint density at radius 1 is 1.38 bits per heavy atom. The van der Waals surface area contributed by atoms with Crippen LogP contribution in [0.2, 0.25) is 5.02 Å². The highest BCUT2D eigenvalue weighted by atomic mass is 35.5. The van der Waals surface area contributed by atoms with Gasteiger partial charge in [-0.05, 0) is 37.5 Å². The van der Waals surface area contributed by atoms with Crippen LogP contribution in [-0.2, 0) is 14.8 Å². The van der Waals surface area contributed by atoms with Crippen LogP contribution in [0.1, 0.15) is 25.7 Å². The summed E-state index contributed by atoms with van der Waals surface area (Å²) in [7, 11) is -3.63. The summed E-state index contributed by atoms with van der Waals surface area (Å²) >= 11 is 5.75. The van der Waals surface area contributed by atoms with Gasteiger partial charge in [0, 0.05) is 19.0 Å². The van der Waals surface area contributed by atoms with Gasteiger partial charge < -0.3 is 11.1 Å². The Labute approximate surface area is 129 Å². The van der Waals surface area contributed by atoms with Gasteiger partial charge >= 0.3 is 0 Å². The molecule has 1 fully saturated rings. The van der Waals surface area contributed by atoms with Crippen LogP contribution in [0.4, 0.5) is 5.69 Å². The topological polar surface area (TPSA) is 101 Å². The summed E-state index contributed by atoms with van der Waals surface area (Å²) in [6, 6.07) is 4.46. The van der Waals surface area contributed by atoms with Gasteiger partial charge in [-0.25, -0.2) is 13.1 Å². The zero-order valence-electron chi connectivity index (χ0n) is 11.4. The molecule has 1 aliphatic rings. The summed E-state index contributed by atoms with van der Waals surface area (Å²) in [5, 5.41) is 3.16. The molecular weight excluding hydrogens is 314 g/mol. The van der Waals surface area contributed by atoms with E-state index in [-0.39, 0.29) is 23.0 Å². The molecule has 0 unspecified atom stereocenters. The second-order valence-electron chi connectivity index (χ2n) is 5.03. The van der Waals surface area contributed by atoms with Crippen molar-refractivity contribution in [1.29, 1.82) is 0 Å². The molecule has 0 bridgehead atoms. The average molecular weight is 332 g/mol. The molecule has 1 aliphatic carbocycles. The Balaban J connectivity index is 1.80. The number of carbonyl (C=O) groups excluding carboxylic acids is 1. The maximum Gasteiger partial charge on any atom is 0.240 e. The minimum absolute atomic E-state index is 0.0348. The third-order valence-corrected chi connectivity index (χ3v) is 4.90. The molecule has 1 saturated carbocycles. The second kappa shape index (κ2) is 6.64. The van der Waals surface area contributed by atoms with Crippen molar-refractivity contribution >= 4 is 33.2 Å². The molecule has 21 heavy (non-hydrogen) atoms. The number of hydrogen-bond acceptors (Lipinski definition) is 4. The zero-order chi connectivity index (χ0) is 15.5. The van der Waals surface area contributed by atoms with Crippen molar-refractivity contribution in [3.8, 4) is 0 Å². The fourth-order valence-electron chi connectivity index (χ4n) is 1.76.